The summed E-state index contributed by atoms with van der Waals surface area (Å²) < 4.78 is 64.0. The number of hydrogen-bond donors (Lipinski definition) is 2. The van der Waals surface area contributed by atoms with Crippen molar-refractivity contribution in [2.75, 3.05) is 11.1 Å². The molecule has 0 aliphatic heterocycles. The fourth-order valence-electron chi connectivity index (χ4n) is 1.79. The minimum Gasteiger partial charge on any atom is -0.399 e. The van der Waals surface area contributed by atoms with Gasteiger partial charge in [0.05, 0.1) is 0 Å². The zero-order chi connectivity index (χ0) is 15.6. The molecule has 2 aromatic carbocycles. The topological polar surface area (TPSA) is 38.0 Å². The van der Waals surface area contributed by atoms with E-state index < -0.39 is 23.4 Å². The summed E-state index contributed by atoms with van der Waals surface area (Å²) in [7, 11) is 0. The molecule has 112 valence electrons. The molecule has 0 saturated carbocycles. The van der Waals surface area contributed by atoms with E-state index >= 15 is 0 Å². The molecule has 2 rings (SSSR count). The minimum absolute atomic E-state index is 0.0742. The number of nitrogen functional groups attached to an aromatic ring is 1. The van der Waals surface area contributed by atoms with Gasteiger partial charge >= 0.3 is 6.18 Å². The fourth-order valence-corrected chi connectivity index (χ4v) is 1.79. The number of halogens is 5. The Morgan fingerprint density at radius 1 is 0.952 bits per heavy atom. The highest BCUT2D eigenvalue weighted by atomic mass is 19.4. The van der Waals surface area contributed by atoms with Crippen LogP contribution < -0.4 is 11.1 Å². The van der Waals surface area contributed by atoms with Gasteiger partial charge in [-0.2, -0.15) is 13.2 Å². The monoisotopic (exact) mass is 302 g/mol. The quantitative estimate of drug-likeness (QED) is 0.659. The van der Waals surface area contributed by atoms with Gasteiger partial charge in [0, 0.05) is 17.9 Å². The van der Waals surface area contributed by atoms with Crippen molar-refractivity contribution in [3.05, 3.63) is 59.2 Å². The van der Waals surface area contributed by atoms with Crippen LogP contribution in [-0.2, 0) is 12.7 Å². The Morgan fingerprint density at radius 2 is 1.48 bits per heavy atom. The van der Waals surface area contributed by atoms with Crippen LogP contribution in [0, 0.1) is 11.6 Å². The summed E-state index contributed by atoms with van der Waals surface area (Å²) in [5, 5.41) is 2.65. The molecule has 7 heteroatoms. The molecule has 0 heterocycles. The fraction of sp³-hybridized carbons (Fsp3) is 0.143. The number of anilines is 2. The van der Waals surface area contributed by atoms with Crippen LogP contribution in [0.3, 0.4) is 0 Å². The average Bonchev–Trinajstić information content (AvgIpc) is 2.35. The van der Waals surface area contributed by atoms with Gasteiger partial charge in [-0.15, -0.1) is 0 Å². The smallest absolute Gasteiger partial charge is 0.399 e. The molecule has 0 radical (unpaired) electrons. The molecule has 0 amide bonds. The summed E-state index contributed by atoms with van der Waals surface area (Å²) in [6.07, 6.45) is -5.07. The molecule has 0 saturated heterocycles. The van der Waals surface area contributed by atoms with E-state index in [0.29, 0.717) is 17.8 Å². The molecule has 0 bridgehead atoms. The van der Waals surface area contributed by atoms with Crippen LogP contribution in [0.25, 0.3) is 0 Å². The molecular formula is C14H11F5N2. The van der Waals surface area contributed by atoms with E-state index in [4.69, 9.17) is 5.73 Å². The van der Waals surface area contributed by atoms with Crippen LogP contribution in [0.15, 0.2) is 36.4 Å². The van der Waals surface area contributed by atoms with Gasteiger partial charge in [0.2, 0.25) is 0 Å². The van der Waals surface area contributed by atoms with Crippen molar-refractivity contribution < 1.29 is 22.0 Å². The normalized spacial score (nSPS) is 11.5. The van der Waals surface area contributed by atoms with Crippen molar-refractivity contribution in [1.29, 1.82) is 0 Å². The maximum Gasteiger partial charge on any atom is 0.422 e. The van der Waals surface area contributed by atoms with Gasteiger partial charge < -0.3 is 11.1 Å². The third-order valence-electron chi connectivity index (χ3n) is 2.80. The number of nitrogens with one attached hydrogen (secondary N) is 1. The van der Waals surface area contributed by atoms with Gasteiger partial charge in [-0.25, -0.2) is 8.78 Å². The summed E-state index contributed by atoms with van der Waals surface area (Å²) in [6.45, 7) is 0.199. The first-order valence-electron chi connectivity index (χ1n) is 5.92. The van der Waals surface area contributed by atoms with Gasteiger partial charge in [-0.1, -0.05) is 12.1 Å². The molecule has 0 unspecified atom stereocenters. The number of benzene rings is 2. The van der Waals surface area contributed by atoms with Crippen molar-refractivity contribution in [3.63, 3.8) is 0 Å². The highest BCUT2D eigenvalue weighted by molar-refractivity contribution is 5.48. The maximum absolute atomic E-state index is 13.4. The predicted molar refractivity (Wildman–Crippen MR) is 69.5 cm³/mol. The average molecular weight is 302 g/mol. The first-order valence-corrected chi connectivity index (χ1v) is 5.92. The Morgan fingerprint density at radius 3 is 1.95 bits per heavy atom. The molecule has 0 fully saturated rings. The van der Waals surface area contributed by atoms with Crippen LogP contribution in [0.2, 0.25) is 0 Å². The number of alkyl halides is 3. The zero-order valence-electron chi connectivity index (χ0n) is 10.6. The van der Waals surface area contributed by atoms with Crippen molar-refractivity contribution in [2.24, 2.45) is 0 Å². The Labute approximate surface area is 117 Å². The van der Waals surface area contributed by atoms with Crippen LogP contribution in [0.1, 0.15) is 11.1 Å². The van der Waals surface area contributed by atoms with Crippen LogP contribution in [0.5, 0.6) is 0 Å². The SMILES string of the molecule is Nc1ccc(CNc2cc(F)c(C(F)(F)F)c(F)c2)cc1. The molecule has 2 aromatic rings. The summed E-state index contributed by atoms with van der Waals surface area (Å²) in [5.41, 5.74) is 4.87. The van der Waals surface area contributed by atoms with Crippen LogP contribution in [0.4, 0.5) is 33.3 Å². The summed E-state index contributed by atoms with van der Waals surface area (Å²) in [4.78, 5) is 0. The summed E-state index contributed by atoms with van der Waals surface area (Å²) >= 11 is 0. The number of hydrogen-bond acceptors (Lipinski definition) is 2. The third kappa shape index (κ3) is 3.62. The standard InChI is InChI=1S/C14H11F5N2/c15-11-5-10(6-12(16)13(11)14(17,18)19)21-7-8-1-3-9(20)4-2-8/h1-6,21H,7,20H2. The molecule has 0 atom stereocenters. The van der Waals surface area contributed by atoms with Gasteiger partial charge in [-0.3, -0.25) is 0 Å². The molecule has 0 aromatic heterocycles. The van der Waals surface area contributed by atoms with E-state index in [1.165, 1.54) is 0 Å². The Hall–Kier alpha value is -2.31. The van der Waals surface area contributed by atoms with Gasteiger partial charge in [0.25, 0.3) is 0 Å². The molecule has 0 aliphatic rings. The molecule has 21 heavy (non-hydrogen) atoms. The third-order valence-corrected chi connectivity index (χ3v) is 2.80. The maximum atomic E-state index is 13.4. The van der Waals surface area contributed by atoms with E-state index in [-0.39, 0.29) is 12.2 Å². The largest absolute Gasteiger partial charge is 0.422 e. The number of rotatable bonds is 3. The number of nitrogens with two attached hydrogens (primary N) is 1. The Bertz CT molecular complexity index is 612. The van der Waals surface area contributed by atoms with Crippen molar-refractivity contribution in [1.82, 2.24) is 0 Å². The molecule has 0 spiro atoms. The first-order chi connectivity index (χ1) is 9.77. The van der Waals surface area contributed by atoms with E-state index in [0.717, 1.165) is 5.56 Å². The zero-order valence-corrected chi connectivity index (χ0v) is 10.6. The van der Waals surface area contributed by atoms with Crippen molar-refractivity contribution >= 4 is 11.4 Å². The van der Waals surface area contributed by atoms with Gasteiger partial charge in [0.1, 0.15) is 17.2 Å². The lowest BCUT2D eigenvalue weighted by Gasteiger charge is -2.12. The molecular weight excluding hydrogens is 291 g/mol. The second-order valence-corrected chi connectivity index (χ2v) is 4.41. The Balaban J connectivity index is 2.17. The van der Waals surface area contributed by atoms with Crippen LogP contribution >= 0.6 is 0 Å². The lowest BCUT2D eigenvalue weighted by Crippen LogP contribution is -2.12. The highest BCUT2D eigenvalue weighted by Gasteiger charge is 2.37. The van der Waals surface area contributed by atoms with Gasteiger partial charge in [-0.05, 0) is 29.8 Å². The van der Waals surface area contributed by atoms with E-state index in [1.807, 2.05) is 0 Å². The predicted octanol–water partition coefficient (Wildman–Crippen LogP) is 4.18. The summed E-state index contributed by atoms with van der Waals surface area (Å²) in [6, 6.07) is 7.90. The first kappa shape index (κ1) is 15.1. The second kappa shape index (κ2) is 5.59. The van der Waals surface area contributed by atoms with Crippen molar-refractivity contribution in [2.45, 2.75) is 12.7 Å². The van der Waals surface area contributed by atoms with Crippen LogP contribution in [-0.4, -0.2) is 0 Å². The Kier molecular flexibility index (Phi) is 4.02. The summed E-state index contributed by atoms with van der Waals surface area (Å²) in [5.74, 6) is -3.30. The second-order valence-electron chi connectivity index (χ2n) is 4.41. The highest BCUT2D eigenvalue weighted by Crippen LogP contribution is 2.34. The lowest BCUT2D eigenvalue weighted by atomic mass is 10.1. The van der Waals surface area contributed by atoms with E-state index in [1.54, 1.807) is 24.3 Å². The van der Waals surface area contributed by atoms with E-state index in [2.05, 4.69) is 5.32 Å². The van der Waals surface area contributed by atoms with E-state index in [9.17, 15) is 22.0 Å². The molecule has 0 aliphatic carbocycles. The molecule has 3 N–H and O–H groups in total. The minimum atomic E-state index is -5.07. The lowest BCUT2D eigenvalue weighted by molar-refractivity contribution is -0.142. The molecule has 2 nitrogen and oxygen atoms in total. The van der Waals surface area contributed by atoms with Crippen molar-refractivity contribution in [3.8, 4) is 0 Å². The van der Waals surface area contributed by atoms with Gasteiger partial charge in [0.15, 0.2) is 0 Å².